The molecule has 1 aliphatic heterocycles. The van der Waals surface area contributed by atoms with Gasteiger partial charge >= 0.3 is 0 Å². The number of nitrogens with zero attached hydrogens (tertiary/aromatic N) is 2. The van der Waals surface area contributed by atoms with Gasteiger partial charge in [-0.15, -0.1) is 0 Å². The Labute approximate surface area is 107 Å². The molecule has 1 N–H and O–H groups in total. The van der Waals surface area contributed by atoms with Gasteiger partial charge in [-0.1, -0.05) is 12.8 Å². The van der Waals surface area contributed by atoms with E-state index in [4.69, 9.17) is 4.74 Å². The minimum Gasteiger partial charge on any atom is -0.385 e. The van der Waals surface area contributed by atoms with Crippen LogP contribution in [0.3, 0.4) is 0 Å². The van der Waals surface area contributed by atoms with Crippen LogP contribution in [0.4, 0.5) is 0 Å². The highest BCUT2D eigenvalue weighted by Gasteiger charge is 2.42. The van der Waals surface area contributed by atoms with Gasteiger partial charge in [-0.2, -0.15) is 0 Å². The van der Waals surface area contributed by atoms with Crippen molar-refractivity contribution in [2.45, 2.75) is 50.2 Å². The molecule has 1 aromatic rings. The summed E-state index contributed by atoms with van der Waals surface area (Å²) < 4.78 is 5.99. The molecule has 0 radical (unpaired) electrons. The molecule has 2 fully saturated rings. The number of hydrogen-bond acceptors (Lipinski definition) is 4. The van der Waals surface area contributed by atoms with Crippen molar-refractivity contribution in [2.75, 3.05) is 6.61 Å². The maximum Gasteiger partial charge on any atom is 0.157 e. The molecule has 1 aromatic heterocycles. The van der Waals surface area contributed by atoms with E-state index >= 15 is 0 Å². The van der Waals surface area contributed by atoms with E-state index in [0.29, 0.717) is 5.82 Å². The van der Waals surface area contributed by atoms with Gasteiger partial charge in [-0.25, -0.2) is 9.97 Å². The maximum atomic E-state index is 10.4. The molecule has 0 aromatic carbocycles. The van der Waals surface area contributed by atoms with Crippen molar-refractivity contribution < 1.29 is 9.84 Å². The van der Waals surface area contributed by atoms with E-state index in [1.165, 1.54) is 12.8 Å². The number of aliphatic hydroxyl groups excluding tert-OH is 1. The van der Waals surface area contributed by atoms with Gasteiger partial charge in [0, 0.05) is 19.0 Å². The quantitative estimate of drug-likeness (QED) is 0.872. The predicted octanol–water partition coefficient (Wildman–Crippen LogP) is 2.25. The van der Waals surface area contributed by atoms with Crippen LogP contribution < -0.4 is 0 Å². The van der Waals surface area contributed by atoms with Crippen LogP contribution in [0.15, 0.2) is 18.5 Å². The normalized spacial score (nSPS) is 28.4. The number of rotatable bonds is 2. The average molecular weight is 248 g/mol. The van der Waals surface area contributed by atoms with E-state index in [1.54, 1.807) is 18.5 Å². The zero-order valence-electron chi connectivity index (χ0n) is 10.6. The van der Waals surface area contributed by atoms with Gasteiger partial charge in [0.05, 0.1) is 5.60 Å². The van der Waals surface area contributed by atoms with Crippen molar-refractivity contribution >= 4 is 0 Å². The summed E-state index contributed by atoms with van der Waals surface area (Å²) in [4.78, 5) is 8.33. The van der Waals surface area contributed by atoms with Gasteiger partial charge in [-0.3, -0.25) is 0 Å². The number of hydrogen-bond donors (Lipinski definition) is 1. The highest BCUT2D eigenvalue weighted by molar-refractivity contribution is 4.99. The summed E-state index contributed by atoms with van der Waals surface area (Å²) in [5.74, 6) is 0.789. The van der Waals surface area contributed by atoms with Crippen LogP contribution in [-0.4, -0.2) is 27.3 Å². The molecular formula is C14H20N2O2. The Morgan fingerprint density at radius 2 is 2.00 bits per heavy atom. The summed E-state index contributed by atoms with van der Waals surface area (Å²) in [5, 5.41) is 10.4. The molecular weight excluding hydrogens is 228 g/mol. The van der Waals surface area contributed by atoms with E-state index in [9.17, 15) is 5.11 Å². The molecule has 1 aliphatic carbocycles. The predicted molar refractivity (Wildman–Crippen MR) is 66.9 cm³/mol. The second-order valence-electron chi connectivity index (χ2n) is 5.54. The number of aliphatic hydroxyl groups is 1. The molecule has 1 saturated heterocycles. The molecule has 18 heavy (non-hydrogen) atoms. The fraction of sp³-hybridized carbons (Fsp3) is 0.714. The molecule has 98 valence electrons. The lowest BCUT2D eigenvalue weighted by molar-refractivity contribution is -0.114. The molecule has 2 heterocycles. The summed E-state index contributed by atoms with van der Waals surface area (Å²) in [6, 6.07) is 1.78. The average Bonchev–Trinajstić information content (AvgIpc) is 2.87. The van der Waals surface area contributed by atoms with Gasteiger partial charge in [0.25, 0.3) is 0 Å². The molecule has 3 rings (SSSR count). The van der Waals surface area contributed by atoms with E-state index < -0.39 is 6.10 Å². The van der Waals surface area contributed by atoms with Gasteiger partial charge in [-0.05, 0) is 37.7 Å². The van der Waals surface area contributed by atoms with Crippen LogP contribution in [0, 0.1) is 5.92 Å². The lowest BCUT2D eigenvalue weighted by Gasteiger charge is -2.39. The second-order valence-corrected chi connectivity index (χ2v) is 5.54. The van der Waals surface area contributed by atoms with Crippen molar-refractivity contribution in [2.24, 2.45) is 5.92 Å². The summed E-state index contributed by atoms with van der Waals surface area (Å²) >= 11 is 0. The Balaban J connectivity index is 1.72. The topological polar surface area (TPSA) is 55.2 Å². The lowest BCUT2D eigenvalue weighted by Crippen LogP contribution is -2.39. The van der Waals surface area contributed by atoms with Crippen LogP contribution in [0.25, 0.3) is 0 Å². The smallest absolute Gasteiger partial charge is 0.157 e. The lowest BCUT2D eigenvalue weighted by atomic mass is 9.81. The molecule has 4 heteroatoms. The first-order chi connectivity index (χ1) is 8.79. The van der Waals surface area contributed by atoms with E-state index in [2.05, 4.69) is 9.97 Å². The zero-order valence-corrected chi connectivity index (χ0v) is 10.6. The summed E-state index contributed by atoms with van der Waals surface area (Å²) in [6.07, 6.45) is 9.49. The molecule has 0 bridgehead atoms. The SMILES string of the molecule is OC(c1ncccn1)C1CCOC2(CCCC2)C1. The number of ether oxygens (including phenoxy) is 1. The summed E-state index contributed by atoms with van der Waals surface area (Å²) in [7, 11) is 0. The van der Waals surface area contributed by atoms with E-state index in [1.807, 2.05) is 0 Å². The molecule has 2 unspecified atom stereocenters. The number of aromatic nitrogens is 2. The van der Waals surface area contributed by atoms with Crippen molar-refractivity contribution in [3.8, 4) is 0 Å². The Hall–Kier alpha value is -1.00. The fourth-order valence-electron chi connectivity index (χ4n) is 3.38. The van der Waals surface area contributed by atoms with Crippen LogP contribution >= 0.6 is 0 Å². The Kier molecular flexibility index (Phi) is 3.31. The summed E-state index contributed by atoms with van der Waals surface area (Å²) in [5.41, 5.74) is 0.0404. The summed E-state index contributed by atoms with van der Waals surface area (Å²) in [6.45, 7) is 0.758. The second kappa shape index (κ2) is 4.94. The van der Waals surface area contributed by atoms with Crippen molar-refractivity contribution in [1.82, 2.24) is 9.97 Å². The standard InChI is InChI=1S/C14H20N2O2/c17-12(13-15-7-3-8-16-13)11-4-9-18-14(10-11)5-1-2-6-14/h3,7-8,11-12,17H,1-2,4-6,9-10H2. The Bertz CT molecular complexity index is 390. The highest BCUT2D eigenvalue weighted by Crippen LogP contribution is 2.44. The van der Waals surface area contributed by atoms with Crippen molar-refractivity contribution in [1.29, 1.82) is 0 Å². The minimum absolute atomic E-state index is 0.0404. The highest BCUT2D eigenvalue weighted by atomic mass is 16.5. The fourth-order valence-corrected chi connectivity index (χ4v) is 3.38. The third-order valence-electron chi connectivity index (χ3n) is 4.34. The largest absolute Gasteiger partial charge is 0.385 e. The third-order valence-corrected chi connectivity index (χ3v) is 4.34. The van der Waals surface area contributed by atoms with E-state index in [-0.39, 0.29) is 11.5 Å². The van der Waals surface area contributed by atoms with Crippen LogP contribution in [-0.2, 0) is 4.74 Å². The van der Waals surface area contributed by atoms with Crippen LogP contribution in [0.5, 0.6) is 0 Å². The Morgan fingerprint density at radius 1 is 1.28 bits per heavy atom. The van der Waals surface area contributed by atoms with Gasteiger partial charge < -0.3 is 9.84 Å². The third kappa shape index (κ3) is 2.27. The molecule has 2 aliphatic rings. The molecule has 0 amide bonds. The van der Waals surface area contributed by atoms with Gasteiger partial charge in [0.15, 0.2) is 5.82 Å². The molecule has 1 spiro atoms. The monoisotopic (exact) mass is 248 g/mol. The minimum atomic E-state index is -0.549. The first-order valence-electron chi connectivity index (χ1n) is 6.88. The zero-order chi connectivity index (χ0) is 12.4. The molecule has 2 atom stereocenters. The first-order valence-corrected chi connectivity index (χ1v) is 6.88. The van der Waals surface area contributed by atoms with Gasteiger partial charge in [0.2, 0.25) is 0 Å². The van der Waals surface area contributed by atoms with Crippen molar-refractivity contribution in [3.63, 3.8) is 0 Å². The molecule has 1 saturated carbocycles. The van der Waals surface area contributed by atoms with Crippen LogP contribution in [0.1, 0.15) is 50.5 Å². The Morgan fingerprint density at radius 3 is 2.72 bits per heavy atom. The first kappa shape index (κ1) is 12.1. The molecule has 4 nitrogen and oxygen atoms in total. The van der Waals surface area contributed by atoms with E-state index in [0.717, 1.165) is 32.3 Å². The maximum absolute atomic E-state index is 10.4. The van der Waals surface area contributed by atoms with Crippen LogP contribution in [0.2, 0.25) is 0 Å². The van der Waals surface area contributed by atoms with Gasteiger partial charge in [0.1, 0.15) is 6.10 Å². The van der Waals surface area contributed by atoms with Crippen molar-refractivity contribution in [3.05, 3.63) is 24.3 Å².